The number of phenols is 1. The average molecular weight is 232 g/mol. The van der Waals surface area contributed by atoms with Crippen LogP contribution in [0, 0.1) is 12.7 Å². The van der Waals surface area contributed by atoms with Crippen molar-refractivity contribution in [2.24, 2.45) is 0 Å². The second-order valence-corrected chi connectivity index (χ2v) is 3.87. The molecular formula is C14H13FO2. The summed E-state index contributed by atoms with van der Waals surface area (Å²) in [5, 5.41) is 9.28. The highest BCUT2D eigenvalue weighted by Gasteiger charge is 2.01. The van der Waals surface area contributed by atoms with Gasteiger partial charge in [-0.2, -0.15) is 0 Å². The van der Waals surface area contributed by atoms with Crippen LogP contribution in [0.2, 0.25) is 0 Å². The Morgan fingerprint density at radius 3 is 2.71 bits per heavy atom. The highest BCUT2D eigenvalue weighted by Crippen LogP contribution is 2.18. The van der Waals surface area contributed by atoms with Crippen LogP contribution in [-0.2, 0) is 6.61 Å². The first-order chi connectivity index (χ1) is 8.15. The lowest BCUT2D eigenvalue weighted by Gasteiger charge is -2.07. The van der Waals surface area contributed by atoms with Gasteiger partial charge in [-0.15, -0.1) is 0 Å². The van der Waals surface area contributed by atoms with Gasteiger partial charge in [0.05, 0.1) is 0 Å². The molecule has 0 fully saturated rings. The summed E-state index contributed by atoms with van der Waals surface area (Å²) < 4.78 is 18.7. The third-order valence-corrected chi connectivity index (χ3v) is 2.46. The van der Waals surface area contributed by atoms with Gasteiger partial charge in [-0.3, -0.25) is 0 Å². The molecule has 0 aliphatic heterocycles. The Morgan fingerprint density at radius 2 is 2.00 bits per heavy atom. The second kappa shape index (κ2) is 4.87. The molecule has 0 unspecified atom stereocenters. The van der Waals surface area contributed by atoms with Gasteiger partial charge in [0, 0.05) is 6.07 Å². The Bertz CT molecular complexity index is 523. The fourth-order valence-electron chi connectivity index (χ4n) is 1.48. The molecule has 2 aromatic rings. The van der Waals surface area contributed by atoms with Crippen LogP contribution in [-0.4, -0.2) is 5.11 Å². The van der Waals surface area contributed by atoms with E-state index in [1.807, 2.05) is 6.07 Å². The maximum Gasteiger partial charge on any atom is 0.129 e. The third kappa shape index (κ3) is 2.97. The highest BCUT2D eigenvalue weighted by molar-refractivity contribution is 5.30. The normalized spacial score (nSPS) is 10.2. The van der Waals surface area contributed by atoms with Crippen LogP contribution in [0.4, 0.5) is 4.39 Å². The van der Waals surface area contributed by atoms with Gasteiger partial charge >= 0.3 is 0 Å². The minimum atomic E-state index is -0.279. The quantitative estimate of drug-likeness (QED) is 0.878. The molecule has 0 amide bonds. The average Bonchev–Trinajstić information content (AvgIpc) is 2.31. The number of phenolic OH excluding ortho intramolecular Hbond substituents is 1. The van der Waals surface area contributed by atoms with E-state index in [1.165, 1.54) is 6.07 Å². The van der Waals surface area contributed by atoms with Crippen molar-refractivity contribution in [1.29, 1.82) is 0 Å². The molecule has 0 aromatic heterocycles. The Labute approximate surface area is 99.3 Å². The number of aromatic hydroxyl groups is 1. The molecule has 0 saturated heterocycles. The van der Waals surface area contributed by atoms with Gasteiger partial charge in [-0.05, 0) is 36.2 Å². The molecule has 2 aromatic carbocycles. The first-order valence-electron chi connectivity index (χ1n) is 5.32. The van der Waals surface area contributed by atoms with E-state index in [0.717, 1.165) is 5.56 Å². The van der Waals surface area contributed by atoms with Gasteiger partial charge in [0.25, 0.3) is 0 Å². The molecule has 0 aliphatic carbocycles. The van der Waals surface area contributed by atoms with Gasteiger partial charge in [0.1, 0.15) is 23.9 Å². The summed E-state index contributed by atoms with van der Waals surface area (Å²) in [6.45, 7) is 2.01. The summed E-state index contributed by atoms with van der Waals surface area (Å²) in [4.78, 5) is 0. The standard InChI is InChI=1S/C14H13FO2/c1-10-5-6-13(8-14(10)15)17-9-11-3-2-4-12(16)7-11/h2-8,16H,9H2,1H3. The lowest BCUT2D eigenvalue weighted by atomic mass is 10.2. The SMILES string of the molecule is Cc1ccc(OCc2cccc(O)c2)cc1F. The Hall–Kier alpha value is -2.03. The molecular weight excluding hydrogens is 219 g/mol. The highest BCUT2D eigenvalue weighted by atomic mass is 19.1. The molecule has 0 atom stereocenters. The predicted molar refractivity (Wildman–Crippen MR) is 63.6 cm³/mol. The molecule has 0 radical (unpaired) electrons. The molecule has 0 saturated carbocycles. The van der Waals surface area contributed by atoms with E-state index in [-0.39, 0.29) is 11.6 Å². The van der Waals surface area contributed by atoms with E-state index >= 15 is 0 Å². The number of hydrogen-bond acceptors (Lipinski definition) is 2. The topological polar surface area (TPSA) is 29.5 Å². The van der Waals surface area contributed by atoms with E-state index in [0.29, 0.717) is 17.9 Å². The van der Waals surface area contributed by atoms with Crippen LogP contribution in [0.25, 0.3) is 0 Å². The summed E-state index contributed by atoms with van der Waals surface area (Å²) >= 11 is 0. The molecule has 0 heterocycles. The smallest absolute Gasteiger partial charge is 0.129 e. The van der Waals surface area contributed by atoms with Gasteiger partial charge in [0.15, 0.2) is 0 Å². The van der Waals surface area contributed by atoms with Gasteiger partial charge in [-0.1, -0.05) is 18.2 Å². The summed E-state index contributed by atoms with van der Waals surface area (Å²) in [6, 6.07) is 11.5. The van der Waals surface area contributed by atoms with Crippen LogP contribution in [0.1, 0.15) is 11.1 Å². The van der Waals surface area contributed by atoms with Crippen molar-refractivity contribution in [3.8, 4) is 11.5 Å². The van der Waals surface area contributed by atoms with Crippen molar-refractivity contribution >= 4 is 0 Å². The third-order valence-electron chi connectivity index (χ3n) is 2.46. The zero-order valence-electron chi connectivity index (χ0n) is 9.48. The summed E-state index contributed by atoms with van der Waals surface area (Å²) in [7, 11) is 0. The zero-order valence-corrected chi connectivity index (χ0v) is 9.48. The molecule has 1 N–H and O–H groups in total. The van der Waals surface area contributed by atoms with Crippen LogP contribution >= 0.6 is 0 Å². The van der Waals surface area contributed by atoms with Crippen molar-refractivity contribution in [3.63, 3.8) is 0 Å². The maximum atomic E-state index is 13.2. The number of aryl methyl sites for hydroxylation is 1. The summed E-state index contributed by atoms with van der Waals surface area (Å²) in [6.07, 6.45) is 0. The van der Waals surface area contributed by atoms with E-state index in [9.17, 15) is 9.50 Å². The van der Waals surface area contributed by atoms with Crippen molar-refractivity contribution < 1.29 is 14.2 Å². The van der Waals surface area contributed by atoms with E-state index in [2.05, 4.69) is 0 Å². The van der Waals surface area contributed by atoms with E-state index < -0.39 is 0 Å². The zero-order chi connectivity index (χ0) is 12.3. The number of benzene rings is 2. The number of rotatable bonds is 3. The Balaban J connectivity index is 2.05. The Morgan fingerprint density at radius 1 is 1.18 bits per heavy atom. The molecule has 0 spiro atoms. The maximum absolute atomic E-state index is 13.2. The predicted octanol–water partition coefficient (Wildman–Crippen LogP) is 3.42. The van der Waals surface area contributed by atoms with E-state index in [1.54, 1.807) is 37.3 Å². The van der Waals surface area contributed by atoms with Crippen LogP contribution in [0.5, 0.6) is 11.5 Å². The molecule has 2 nitrogen and oxygen atoms in total. The largest absolute Gasteiger partial charge is 0.508 e. The lowest BCUT2D eigenvalue weighted by molar-refractivity contribution is 0.303. The number of hydrogen-bond donors (Lipinski definition) is 1. The summed E-state index contributed by atoms with van der Waals surface area (Å²) in [5.74, 6) is 0.399. The van der Waals surface area contributed by atoms with Gasteiger partial charge in [0.2, 0.25) is 0 Å². The molecule has 2 rings (SSSR count). The van der Waals surface area contributed by atoms with E-state index in [4.69, 9.17) is 4.74 Å². The summed E-state index contributed by atoms with van der Waals surface area (Å²) in [5.41, 5.74) is 1.43. The van der Waals surface area contributed by atoms with Crippen LogP contribution < -0.4 is 4.74 Å². The first kappa shape index (κ1) is 11.5. The fraction of sp³-hybridized carbons (Fsp3) is 0.143. The minimum absolute atomic E-state index is 0.196. The number of ether oxygens (including phenoxy) is 1. The van der Waals surface area contributed by atoms with Crippen molar-refractivity contribution in [3.05, 3.63) is 59.4 Å². The minimum Gasteiger partial charge on any atom is -0.508 e. The molecule has 0 bridgehead atoms. The Kier molecular flexibility index (Phi) is 3.28. The molecule has 17 heavy (non-hydrogen) atoms. The van der Waals surface area contributed by atoms with Gasteiger partial charge < -0.3 is 9.84 Å². The van der Waals surface area contributed by atoms with Gasteiger partial charge in [-0.25, -0.2) is 4.39 Å². The molecule has 0 aliphatic rings. The van der Waals surface area contributed by atoms with Crippen LogP contribution in [0.3, 0.4) is 0 Å². The second-order valence-electron chi connectivity index (χ2n) is 3.87. The fourth-order valence-corrected chi connectivity index (χ4v) is 1.48. The molecule has 88 valence electrons. The monoisotopic (exact) mass is 232 g/mol. The lowest BCUT2D eigenvalue weighted by Crippen LogP contribution is -1.96. The van der Waals surface area contributed by atoms with Crippen molar-refractivity contribution in [2.75, 3.05) is 0 Å². The molecule has 3 heteroatoms. The van der Waals surface area contributed by atoms with Crippen molar-refractivity contribution in [2.45, 2.75) is 13.5 Å². The van der Waals surface area contributed by atoms with Crippen LogP contribution in [0.15, 0.2) is 42.5 Å². The number of halogens is 1. The first-order valence-corrected chi connectivity index (χ1v) is 5.32. The van der Waals surface area contributed by atoms with Crippen molar-refractivity contribution in [1.82, 2.24) is 0 Å².